The summed E-state index contributed by atoms with van der Waals surface area (Å²) in [5.41, 5.74) is 1.55. The standard InChI is InChI=1S/C18H16Cl2N2O2/c1-21-16-7-6-12(19)10-14(16)18(13-4-2-3-5-15(13)20)22(8-9-24-18)11-17(21)23/h2-7,10H,8-9,11H2,1H3. The molecule has 1 atom stereocenters. The highest BCUT2D eigenvalue weighted by Gasteiger charge is 2.51. The molecule has 2 aliphatic rings. The third kappa shape index (κ3) is 2.18. The molecule has 0 saturated carbocycles. The number of carbonyl (C=O) groups excluding carboxylic acids is 1. The van der Waals surface area contributed by atoms with Crippen LogP contribution in [0.4, 0.5) is 5.69 Å². The summed E-state index contributed by atoms with van der Waals surface area (Å²) >= 11 is 12.8. The second-order valence-corrected chi connectivity index (χ2v) is 6.85. The normalized spacial score (nSPS) is 23.8. The summed E-state index contributed by atoms with van der Waals surface area (Å²) in [6, 6.07) is 13.1. The monoisotopic (exact) mass is 362 g/mol. The summed E-state index contributed by atoms with van der Waals surface area (Å²) in [6.45, 7) is 1.43. The first-order valence-corrected chi connectivity index (χ1v) is 8.50. The summed E-state index contributed by atoms with van der Waals surface area (Å²) < 4.78 is 6.27. The number of halogens is 2. The zero-order valence-electron chi connectivity index (χ0n) is 13.1. The largest absolute Gasteiger partial charge is 0.350 e. The Balaban J connectivity index is 2.06. The number of anilines is 1. The number of carbonyl (C=O) groups is 1. The Kier molecular flexibility index (Phi) is 3.81. The van der Waals surface area contributed by atoms with Crippen molar-refractivity contribution in [2.45, 2.75) is 5.72 Å². The van der Waals surface area contributed by atoms with E-state index in [1.807, 2.05) is 41.3 Å². The summed E-state index contributed by atoms with van der Waals surface area (Å²) in [5.74, 6) is 0.0120. The van der Waals surface area contributed by atoms with Crippen molar-refractivity contribution in [2.24, 2.45) is 0 Å². The number of hydrogen-bond donors (Lipinski definition) is 0. The number of benzene rings is 2. The van der Waals surface area contributed by atoms with Gasteiger partial charge in [-0.05, 0) is 24.3 Å². The minimum atomic E-state index is -0.904. The molecule has 124 valence electrons. The zero-order chi connectivity index (χ0) is 16.9. The number of rotatable bonds is 1. The fourth-order valence-electron chi connectivity index (χ4n) is 3.60. The van der Waals surface area contributed by atoms with Crippen LogP contribution >= 0.6 is 23.2 Å². The second-order valence-electron chi connectivity index (χ2n) is 6.01. The van der Waals surface area contributed by atoms with E-state index in [4.69, 9.17) is 27.9 Å². The fraction of sp³-hybridized carbons (Fsp3) is 0.278. The highest BCUT2D eigenvalue weighted by Crippen LogP contribution is 2.48. The maximum absolute atomic E-state index is 12.6. The van der Waals surface area contributed by atoms with Gasteiger partial charge in [0.2, 0.25) is 5.91 Å². The molecule has 1 saturated heterocycles. The first kappa shape index (κ1) is 15.9. The van der Waals surface area contributed by atoms with E-state index in [0.717, 1.165) is 16.8 Å². The van der Waals surface area contributed by atoms with Crippen LogP contribution in [-0.4, -0.2) is 37.6 Å². The molecule has 0 spiro atoms. The summed E-state index contributed by atoms with van der Waals surface area (Å²) in [7, 11) is 1.78. The molecule has 0 radical (unpaired) electrons. The quantitative estimate of drug-likeness (QED) is 0.778. The van der Waals surface area contributed by atoms with Gasteiger partial charge in [0.15, 0.2) is 5.72 Å². The predicted octanol–water partition coefficient (Wildman–Crippen LogP) is 3.50. The van der Waals surface area contributed by atoms with E-state index in [0.29, 0.717) is 23.2 Å². The average Bonchev–Trinajstić information content (AvgIpc) is 2.95. The minimum Gasteiger partial charge on any atom is -0.350 e. The number of likely N-dealkylation sites (N-methyl/N-ethyl adjacent to an activating group) is 1. The van der Waals surface area contributed by atoms with Crippen LogP contribution in [0.25, 0.3) is 0 Å². The molecular formula is C18H16Cl2N2O2. The van der Waals surface area contributed by atoms with Gasteiger partial charge in [-0.1, -0.05) is 41.4 Å². The molecule has 24 heavy (non-hydrogen) atoms. The SMILES string of the molecule is CN1C(=O)CN2CCOC2(c2ccccc2Cl)c2cc(Cl)ccc21. The van der Waals surface area contributed by atoms with Crippen LogP contribution in [0.15, 0.2) is 42.5 Å². The highest BCUT2D eigenvalue weighted by molar-refractivity contribution is 6.31. The Bertz CT molecular complexity index is 826. The van der Waals surface area contributed by atoms with Gasteiger partial charge in [0, 0.05) is 34.8 Å². The van der Waals surface area contributed by atoms with E-state index in [-0.39, 0.29) is 12.5 Å². The predicted molar refractivity (Wildman–Crippen MR) is 94.6 cm³/mol. The lowest BCUT2D eigenvalue weighted by Gasteiger charge is -2.37. The molecule has 6 heteroatoms. The molecule has 2 aliphatic heterocycles. The van der Waals surface area contributed by atoms with Gasteiger partial charge in [-0.3, -0.25) is 9.69 Å². The van der Waals surface area contributed by atoms with Crippen LogP contribution < -0.4 is 4.90 Å². The molecule has 4 nitrogen and oxygen atoms in total. The Hall–Kier alpha value is -1.59. The molecule has 0 bridgehead atoms. The molecular weight excluding hydrogens is 347 g/mol. The van der Waals surface area contributed by atoms with Gasteiger partial charge < -0.3 is 9.64 Å². The first-order chi connectivity index (χ1) is 11.5. The van der Waals surface area contributed by atoms with Crippen molar-refractivity contribution in [1.29, 1.82) is 0 Å². The Labute approximate surface area is 150 Å². The zero-order valence-corrected chi connectivity index (χ0v) is 14.6. The van der Waals surface area contributed by atoms with Crippen molar-refractivity contribution in [3.8, 4) is 0 Å². The van der Waals surface area contributed by atoms with Gasteiger partial charge in [0.25, 0.3) is 0 Å². The molecule has 1 amide bonds. The third-order valence-corrected chi connectivity index (χ3v) is 5.31. The maximum Gasteiger partial charge on any atom is 0.241 e. The Morgan fingerprint density at radius 3 is 2.71 bits per heavy atom. The number of amides is 1. The van der Waals surface area contributed by atoms with Crippen LogP contribution in [0.2, 0.25) is 10.0 Å². The van der Waals surface area contributed by atoms with Crippen molar-refractivity contribution in [2.75, 3.05) is 31.6 Å². The molecule has 0 aliphatic carbocycles. The number of fused-ring (bicyclic) bond motifs is 3. The van der Waals surface area contributed by atoms with Gasteiger partial charge in [-0.15, -0.1) is 0 Å². The van der Waals surface area contributed by atoms with Gasteiger partial charge in [-0.2, -0.15) is 0 Å². The Morgan fingerprint density at radius 2 is 1.92 bits per heavy atom. The lowest BCUT2D eigenvalue weighted by molar-refractivity contribution is -0.122. The lowest BCUT2D eigenvalue weighted by atomic mass is 9.91. The van der Waals surface area contributed by atoms with E-state index < -0.39 is 5.72 Å². The van der Waals surface area contributed by atoms with E-state index in [2.05, 4.69) is 0 Å². The van der Waals surface area contributed by atoms with Gasteiger partial charge in [0.05, 0.1) is 18.8 Å². The van der Waals surface area contributed by atoms with Crippen molar-refractivity contribution >= 4 is 34.8 Å². The van der Waals surface area contributed by atoms with Crippen LogP contribution in [0.3, 0.4) is 0 Å². The molecule has 4 rings (SSSR count). The second kappa shape index (κ2) is 5.74. The number of hydrogen-bond acceptors (Lipinski definition) is 3. The maximum atomic E-state index is 12.6. The summed E-state index contributed by atoms with van der Waals surface area (Å²) in [6.07, 6.45) is 0. The number of nitrogens with zero attached hydrogens (tertiary/aromatic N) is 2. The Morgan fingerprint density at radius 1 is 1.12 bits per heavy atom. The van der Waals surface area contributed by atoms with Crippen molar-refractivity contribution < 1.29 is 9.53 Å². The first-order valence-electron chi connectivity index (χ1n) is 7.74. The molecule has 2 aromatic rings. The molecule has 0 N–H and O–H groups in total. The number of ether oxygens (including phenoxy) is 1. The summed E-state index contributed by atoms with van der Waals surface area (Å²) in [5, 5.41) is 1.20. The smallest absolute Gasteiger partial charge is 0.241 e. The van der Waals surface area contributed by atoms with E-state index >= 15 is 0 Å². The molecule has 2 heterocycles. The average molecular weight is 363 g/mol. The van der Waals surface area contributed by atoms with E-state index in [1.54, 1.807) is 18.0 Å². The van der Waals surface area contributed by atoms with Crippen LogP contribution in [0, 0.1) is 0 Å². The minimum absolute atomic E-state index is 0.0120. The van der Waals surface area contributed by atoms with Gasteiger partial charge in [0.1, 0.15) is 0 Å². The van der Waals surface area contributed by atoms with Crippen molar-refractivity contribution in [3.05, 3.63) is 63.6 Å². The van der Waals surface area contributed by atoms with Crippen molar-refractivity contribution in [1.82, 2.24) is 4.90 Å². The van der Waals surface area contributed by atoms with Crippen LogP contribution in [0.5, 0.6) is 0 Å². The third-order valence-electron chi connectivity index (χ3n) is 4.74. The van der Waals surface area contributed by atoms with E-state index in [1.165, 1.54) is 0 Å². The van der Waals surface area contributed by atoms with Crippen LogP contribution in [0.1, 0.15) is 11.1 Å². The molecule has 1 fully saturated rings. The highest BCUT2D eigenvalue weighted by atomic mass is 35.5. The summed E-state index contributed by atoms with van der Waals surface area (Å²) in [4.78, 5) is 16.3. The topological polar surface area (TPSA) is 32.8 Å². The van der Waals surface area contributed by atoms with E-state index in [9.17, 15) is 4.79 Å². The fourth-order valence-corrected chi connectivity index (χ4v) is 4.03. The van der Waals surface area contributed by atoms with Gasteiger partial charge in [-0.25, -0.2) is 0 Å². The van der Waals surface area contributed by atoms with Crippen LogP contribution in [-0.2, 0) is 15.3 Å². The molecule has 0 aromatic heterocycles. The van der Waals surface area contributed by atoms with Crippen molar-refractivity contribution in [3.63, 3.8) is 0 Å². The molecule has 1 unspecified atom stereocenters. The lowest BCUT2D eigenvalue weighted by Crippen LogP contribution is -2.45. The van der Waals surface area contributed by atoms with Gasteiger partial charge >= 0.3 is 0 Å². The molecule has 2 aromatic carbocycles.